The molecule has 0 aromatic rings. The van der Waals surface area contributed by atoms with Crippen LogP contribution in [0.25, 0.3) is 0 Å². The second-order valence-electron chi connectivity index (χ2n) is 3.87. The van der Waals surface area contributed by atoms with E-state index in [0.717, 1.165) is 0 Å². The molecule has 0 saturated carbocycles. The summed E-state index contributed by atoms with van der Waals surface area (Å²) in [6.07, 6.45) is -0.0409. The Bertz CT molecular complexity index is 223. The van der Waals surface area contributed by atoms with Crippen LogP contribution in [0.4, 0.5) is 0 Å². The van der Waals surface area contributed by atoms with Gasteiger partial charge in [0.05, 0.1) is 6.10 Å². The first kappa shape index (κ1) is 17.2. The number of rotatable bonds is 4. The summed E-state index contributed by atoms with van der Waals surface area (Å²) >= 11 is 0. The molecule has 5 heteroatoms. The second kappa shape index (κ2) is 8.03. The summed E-state index contributed by atoms with van der Waals surface area (Å²) in [6, 6.07) is 0. The molecule has 0 N–H and O–H groups in total. The lowest BCUT2D eigenvalue weighted by Gasteiger charge is -2.13. The highest BCUT2D eigenvalue weighted by atomic mass is 31.2. The van der Waals surface area contributed by atoms with Crippen LogP contribution in [0.15, 0.2) is 0 Å². The minimum Gasteiger partial charge on any atom is -0.312 e. The maximum Gasteiger partial charge on any atom is 0.327 e. The Kier molecular flexibility index (Phi) is 9.22. The molecule has 4 nitrogen and oxygen atoms in total. The maximum absolute atomic E-state index is 10.9. The summed E-state index contributed by atoms with van der Waals surface area (Å²) in [4.78, 5) is 10.1. The molecule has 0 fully saturated rings. The predicted octanol–water partition coefficient (Wildman–Crippen LogP) is 3.11. The predicted molar refractivity (Wildman–Crippen MR) is 62.3 cm³/mol. The van der Waals surface area contributed by atoms with Gasteiger partial charge in [0.15, 0.2) is 0 Å². The van der Waals surface area contributed by atoms with Crippen molar-refractivity contribution in [3.63, 3.8) is 0 Å². The Balaban J connectivity index is 0. The van der Waals surface area contributed by atoms with Crippen LogP contribution in [0.1, 0.15) is 34.6 Å². The van der Waals surface area contributed by atoms with Gasteiger partial charge in [0.1, 0.15) is 5.78 Å². The van der Waals surface area contributed by atoms with E-state index in [-0.39, 0.29) is 17.8 Å². The molecule has 15 heavy (non-hydrogen) atoms. The number of ketones is 1. The number of carbonyl (C=O) groups excluding carboxylic acids is 1. The van der Waals surface area contributed by atoms with E-state index in [9.17, 15) is 9.36 Å². The zero-order chi connectivity index (χ0) is 12.6. The van der Waals surface area contributed by atoms with Gasteiger partial charge in [0, 0.05) is 19.7 Å². The molecule has 0 bridgehead atoms. The third kappa shape index (κ3) is 13.8. The lowest BCUT2D eigenvalue weighted by atomic mass is 10.1. The van der Waals surface area contributed by atoms with Gasteiger partial charge in [-0.1, -0.05) is 13.8 Å². The molecule has 0 radical (unpaired) electrons. The van der Waals surface area contributed by atoms with E-state index < -0.39 is 7.60 Å². The summed E-state index contributed by atoms with van der Waals surface area (Å²) in [6.45, 7) is 10.5. The molecule has 0 aromatic heterocycles. The largest absolute Gasteiger partial charge is 0.327 e. The quantitative estimate of drug-likeness (QED) is 0.706. The van der Waals surface area contributed by atoms with E-state index in [0.29, 0.717) is 0 Å². The molecule has 0 spiro atoms. The molecule has 0 amide bonds. The average Bonchev–Trinajstić information content (AvgIpc) is 2.03. The van der Waals surface area contributed by atoms with E-state index in [1.54, 1.807) is 6.92 Å². The number of hydrogen-bond donors (Lipinski definition) is 0. The van der Waals surface area contributed by atoms with Crippen LogP contribution < -0.4 is 0 Å². The first-order valence-corrected chi connectivity index (χ1v) is 6.93. The van der Waals surface area contributed by atoms with Crippen LogP contribution >= 0.6 is 7.60 Å². The lowest BCUT2D eigenvalue weighted by Crippen LogP contribution is -2.00. The van der Waals surface area contributed by atoms with E-state index in [1.807, 2.05) is 27.7 Å². The molecule has 0 aliphatic carbocycles. The lowest BCUT2D eigenvalue weighted by molar-refractivity contribution is -0.119. The Morgan fingerprint density at radius 2 is 1.53 bits per heavy atom. The van der Waals surface area contributed by atoms with Crippen LogP contribution in [-0.2, 0) is 18.4 Å². The third-order valence-corrected chi connectivity index (χ3v) is 3.01. The fraction of sp³-hybridized carbons (Fsp3) is 0.900. The Hall–Kier alpha value is -0.180. The van der Waals surface area contributed by atoms with Crippen molar-refractivity contribution in [1.29, 1.82) is 0 Å². The zero-order valence-electron chi connectivity index (χ0n) is 10.7. The van der Waals surface area contributed by atoms with Gasteiger partial charge in [-0.2, -0.15) is 0 Å². The van der Waals surface area contributed by atoms with Crippen LogP contribution in [0.2, 0.25) is 0 Å². The normalized spacial score (nSPS) is 14.5. The van der Waals surface area contributed by atoms with Crippen LogP contribution in [-0.4, -0.2) is 25.7 Å². The fourth-order valence-corrected chi connectivity index (χ4v) is 1.28. The summed E-state index contributed by atoms with van der Waals surface area (Å²) in [5.41, 5.74) is 0. The smallest absolute Gasteiger partial charge is 0.312 e. The van der Waals surface area contributed by atoms with Crippen LogP contribution in [0.3, 0.4) is 0 Å². The molecule has 1 unspecified atom stereocenters. The highest BCUT2D eigenvalue weighted by Gasteiger charge is 2.15. The van der Waals surface area contributed by atoms with E-state index in [1.165, 1.54) is 13.8 Å². The third-order valence-electron chi connectivity index (χ3n) is 1.55. The van der Waals surface area contributed by atoms with Gasteiger partial charge in [-0.15, -0.1) is 0 Å². The molecule has 0 aliphatic heterocycles. The van der Waals surface area contributed by atoms with Crippen LogP contribution in [0.5, 0.6) is 0 Å². The molecule has 0 aliphatic rings. The molecular formula is C10H23O4P. The summed E-state index contributed by atoms with van der Waals surface area (Å²) in [7, 11) is -1.35. The van der Waals surface area contributed by atoms with Gasteiger partial charge in [-0.05, 0) is 20.8 Å². The maximum atomic E-state index is 10.9. The summed E-state index contributed by atoms with van der Waals surface area (Å²) < 4.78 is 20.5. The van der Waals surface area contributed by atoms with Gasteiger partial charge in [-0.25, -0.2) is 0 Å². The van der Waals surface area contributed by atoms with E-state index >= 15 is 0 Å². The highest BCUT2D eigenvalue weighted by Crippen LogP contribution is 2.43. The fourth-order valence-electron chi connectivity index (χ4n) is 0.426. The minimum absolute atomic E-state index is 0.0409. The molecule has 0 heterocycles. The molecular weight excluding hydrogens is 215 g/mol. The van der Waals surface area contributed by atoms with Crippen molar-refractivity contribution in [2.75, 3.05) is 13.8 Å². The van der Waals surface area contributed by atoms with Gasteiger partial charge in [0.25, 0.3) is 0 Å². The number of hydrogen-bond acceptors (Lipinski definition) is 4. The standard InChI is InChI=1S/C5H13O3P.C5H10O/c1-5(2)8-9(4,6)7-3;1-4(2)5(3)6/h5H,1-4H3;4H,1-3H3. The Morgan fingerprint density at radius 3 is 1.60 bits per heavy atom. The van der Waals surface area contributed by atoms with Gasteiger partial charge < -0.3 is 9.05 Å². The average molecular weight is 238 g/mol. The van der Waals surface area contributed by atoms with Gasteiger partial charge in [-0.3, -0.25) is 9.36 Å². The van der Waals surface area contributed by atoms with E-state index in [2.05, 4.69) is 4.52 Å². The van der Waals surface area contributed by atoms with Crippen molar-refractivity contribution in [1.82, 2.24) is 0 Å². The molecule has 92 valence electrons. The Labute approximate surface area is 92.9 Å². The summed E-state index contributed by atoms with van der Waals surface area (Å²) in [5, 5.41) is 0. The Morgan fingerprint density at radius 1 is 1.20 bits per heavy atom. The number of carbonyl (C=O) groups is 1. The van der Waals surface area contributed by atoms with Crippen LogP contribution in [0, 0.1) is 5.92 Å². The van der Waals surface area contributed by atoms with Crippen molar-refractivity contribution in [3.8, 4) is 0 Å². The summed E-state index contributed by atoms with van der Waals surface area (Å²) in [5.74, 6) is 0.472. The SMILES string of the molecule is CC(=O)C(C)C.COP(C)(=O)OC(C)C. The van der Waals surface area contributed by atoms with Crippen molar-refractivity contribution >= 4 is 13.4 Å². The van der Waals surface area contributed by atoms with Crippen molar-refractivity contribution in [2.24, 2.45) is 5.92 Å². The first-order valence-electron chi connectivity index (χ1n) is 4.94. The zero-order valence-corrected chi connectivity index (χ0v) is 11.6. The van der Waals surface area contributed by atoms with Gasteiger partial charge >= 0.3 is 7.60 Å². The van der Waals surface area contributed by atoms with Crippen molar-refractivity contribution in [2.45, 2.75) is 40.7 Å². The monoisotopic (exact) mass is 238 g/mol. The second-order valence-corrected chi connectivity index (χ2v) is 5.99. The molecule has 0 rings (SSSR count). The molecule has 0 aromatic carbocycles. The number of Topliss-reactive ketones (excluding diaryl/α,β-unsaturated/α-hetero) is 1. The molecule has 0 saturated heterocycles. The first-order chi connectivity index (χ1) is 6.62. The topological polar surface area (TPSA) is 52.6 Å². The van der Waals surface area contributed by atoms with Gasteiger partial charge in [0.2, 0.25) is 0 Å². The van der Waals surface area contributed by atoms with E-state index in [4.69, 9.17) is 4.52 Å². The van der Waals surface area contributed by atoms with Crippen molar-refractivity contribution < 1.29 is 18.4 Å². The molecule has 1 atom stereocenters. The van der Waals surface area contributed by atoms with Crippen molar-refractivity contribution in [3.05, 3.63) is 0 Å². The minimum atomic E-state index is -2.73. The highest BCUT2D eigenvalue weighted by molar-refractivity contribution is 7.52.